The number of benzene rings is 2. The van der Waals surface area contributed by atoms with Crippen LogP contribution in [0.5, 0.6) is 0 Å². The minimum Gasteiger partial charge on any atom is -0.465 e. The van der Waals surface area contributed by atoms with Crippen molar-refractivity contribution in [3.8, 4) is 5.69 Å². The van der Waals surface area contributed by atoms with Crippen LogP contribution in [-0.4, -0.2) is 57.6 Å². The molecule has 202 valence electrons. The first-order valence-corrected chi connectivity index (χ1v) is 11.9. The van der Waals surface area contributed by atoms with Gasteiger partial charge in [-0.2, -0.15) is 18.3 Å². The molecule has 4 aromatic rings. The average molecular weight is 561 g/mol. The van der Waals surface area contributed by atoms with Gasteiger partial charge in [-0.1, -0.05) is 17.8 Å². The fourth-order valence-electron chi connectivity index (χ4n) is 3.52. The third-order valence-electron chi connectivity index (χ3n) is 5.27. The molecule has 0 bridgehead atoms. The summed E-state index contributed by atoms with van der Waals surface area (Å²) >= 11 is 0.773. The van der Waals surface area contributed by atoms with E-state index in [0.717, 1.165) is 48.7 Å². The molecule has 2 N–H and O–H groups in total. The van der Waals surface area contributed by atoms with E-state index < -0.39 is 35.1 Å². The number of anilines is 1. The summed E-state index contributed by atoms with van der Waals surface area (Å²) in [6.45, 7) is 0. The van der Waals surface area contributed by atoms with E-state index in [9.17, 15) is 32.3 Å². The number of aromatic amines is 1. The Morgan fingerprint density at radius 3 is 2.33 bits per heavy atom. The molecule has 0 aliphatic heterocycles. The number of rotatable bonds is 7. The molecule has 0 unspecified atom stereocenters. The van der Waals surface area contributed by atoms with Crippen LogP contribution in [0.3, 0.4) is 0 Å². The van der Waals surface area contributed by atoms with E-state index in [0.29, 0.717) is 0 Å². The largest absolute Gasteiger partial charge is 0.465 e. The van der Waals surface area contributed by atoms with Crippen LogP contribution in [-0.2, 0) is 20.4 Å². The summed E-state index contributed by atoms with van der Waals surface area (Å²) in [6.07, 6.45) is -3.45. The molecule has 0 radical (unpaired) electrons. The lowest BCUT2D eigenvalue weighted by atomic mass is 10.1. The summed E-state index contributed by atoms with van der Waals surface area (Å²) in [4.78, 5) is 54.2. The molecular weight excluding hydrogens is 543 g/mol. The van der Waals surface area contributed by atoms with Gasteiger partial charge in [0, 0.05) is 5.69 Å². The van der Waals surface area contributed by atoms with Gasteiger partial charge in [0.2, 0.25) is 5.91 Å². The maximum atomic E-state index is 13.3. The Hall–Kier alpha value is -4.66. The zero-order valence-electron chi connectivity index (χ0n) is 20.2. The molecule has 1 amide bonds. The van der Waals surface area contributed by atoms with Crippen molar-refractivity contribution < 1.29 is 37.0 Å². The van der Waals surface area contributed by atoms with E-state index in [1.165, 1.54) is 30.5 Å². The van der Waals surface area contributed by atoms with Crippen LogP contribution in [0.25, 0.3) is 16.7 Å². The number of ether oxygens (including phenoxy) is 2. The van der Waals surface area contributed by atoms with E-state index in [1.807, 2.05) is 0 Å². The monoisotopic (exact) mass is 561 g/mol. The predicted octanol–water partition coefficient (Wildman–Crippen LogP) is 3.43. The molecule has 39 heavy (non-hydrogen) atoms. The molecule has 2 aromatic heterocycles. The summed E-state index contributed by atoms with van der Waals surface area (Å²) in [6, 6.07) is 7.93. The number of nitrogens with one attached hydrogen (secondary N) is 2. The number of carbonyl (C=O) groups excluding carboxylic acids is 3. The summed E-state index contributed by atoms with van der Waals surface area (Å²) in [5, 5.41) is 8.78. The molecule has 11 nitrogen and oxygen atoms in total. The highest BCUT2D eigenvalue weighted by Gasteiger charge is 2.31. The highest BCUT2D eigenvalue weighted by atomic mass is 32.2. The predicted molar refractivity (Wildman–Crippen MR) is 133 cm³/mol. The van der Waals surface area contributed by atoms with Gasteiger partial charge in [-0.05, 0) is 36.4 Å². The zero-order chi connectivity index (χ0) is 28.3. The standard InChI is InChI=1S/C24H18F3N5O6S/c1-37-21(35)12-6-13(22(36)38-2)8-15(7-12)29-18(33)11-39-23-30-19-17(10-28-31-19)20(34)32(23)16-5-3-4-14(9-16)24(25,26)27/h3-10H,11H2,1-2H3,(H,28,31)(H,29,33). The number of thioether (sulfide) groups is 1. The Morgan fingerprint density at radius 2 is 1.72 bits per heavy atom. The van der Waals surface area contributed by atoms with E-state index in [-0.39, 0.29) is 44.4 Å². The van der Waals surface area contributed by atoms with E-state index in [2.05, 4.69) is 30.0 Å². The van der Waals surface area contributed by atoms with E-state index in [1.54, 1.807) is 0 Å². The topological polar surface area (TPSA) is 145 Å². The quantitative estimate of drug-likeness (QED) is 0.197. The average Bonchev–Trinajstić information content (AvgIpc) is 3.39. The Morgan fingerprint density at radius 1 is 1.05 bits per heavy atom. The minimum absolute atomic E-state index is 0.0203. The molecule has 0 fully saturated rings. The van der Waals surface area contributed by atoms with Crippen molar-refractivity contribution in [2.24, 2.45) is 0 Å². The maximum absolute atomic E-state index is 13.3. The lowest BCUT2D eigenvalue weighted by Crippen LogP contribution is -2.23. The zero-order valence-corrected chi connectivity index (χ0v) is 21.0. The van der Waals surface area contributed by atoms with Crippen LogP contribution in [0.1, 0.15) is 26.3 Å². The number of amides is 1. The number of H-pyrrole nitrogens is 1. The molecule has 15 heteroatoms. The van der Waals surface area contributed by atoms with E-state index >= 15 is 0 Å². The highest BCUT2D eigenvalue weighted by molar-refractivity contribution is 7.99. The van der Waals surface area contributed by atoms with Gasteiger partial charge in [0.25, 0.3) is 5.56 Å². The summed E-state index contributed by atoms with van der Waals surface area (Å²) < 4.78 is 50.2. The fraction of sp³-hybridized carbons (Fsp3) is 0.167. The number of halogens is 3. The Balaban J connectivity index is 1.65. The second-order valence-electron chi connectivity index (χ2n) is 7.83. The SMILES string of the molecule is COC(=O)c1cc(NC(=O)CSc2nc3[nH]ncc3c(=O)n2-c2cccc(C(F)(F)F)c2)cc(C(=O)OC)c1. The highest BCUT2D eigenvalue weighted by Crippen LogP contribution is 2.31. The molecule has 0 saturated heterocycles. The Labute approximate surface area is 221 Å². The van der Waals surface area contributed by atoms with Crippen LogP contribution in [0, 0.1) is 0 Å². The number of hydrogen-bond acceptors (Lipinski definition) is 9. The van der Waals surface area contributed by atoms with Crippen molar-refractivity contribution in [3.63, 3.8) is 0 Å². The lowest BCUT2D eigenvalue weighted by molar-refractivity contribution is -0.137. The van der Waals surface area contributed by atoms with Gasteiger partial charge >= 0.3 is 18.1 Å². The number of aromatic nitrogens is 4. The molecule has 0 spiro atoms. The van der Waals surface area contributed by atoms with Crippen LogP contribution in [0.15, 0.2) is 58.6 Å². The van der Waals surface area contributed by atoms with Crippen molar-refractivity contribution in [1.82, 2.24) is 19.7 Å². The molecular formula is C24H18F3N5O6S. The Kier molecular flexibility index (Phi) is 7.71. The minimum atomic E-state index is -4.65. The first kappa shape index (κ1) is 27.4. The summed E-state index contributed by atoms with van der Waals surface area (Å²) in [5.41, 5.74) is -1.65. The third-order valence-corrected chi connectivity index (χ3v) is 6.21. The number of methoxy groups -OCH3 is 2. The number of esters is 2. The van der Waals surface area contributed by atoms with Crippen molar-refractivity contribution in [2.45, 2.75) is 11.3 Å². The van der Waals surface area contributed by atoms with Crippen molar-refractivity contribution in [2.75, 3.05) is 25.3 Å². The van der Waals surface area contributed by atoms with Gasteiger partial charge in [0.15, 0.2) is 10.8 Å². The summed E-state index contributed by atoms with van der Waals surface area (Å²) in [7, 11) is 2.30. The molecule has 0 saturated carbocycles. The number of hydrogen-bond donors (Lipinski definition) is 2. The maximum Gasteiger partial charge on any atom is 0.416 e. The second-order valence-corrected chi connectivity index (χ2v) is 8.78. The first-order chi connectivity index (χ1) is 18.5. The van der Waals surface area contributed by atoms with Crippen molar-refractivity contribution in [1.29, 1.82) is 0 Å². The molecule has 0 atom stereocenters. The van der Waals surface area contributed by atoms with E-state index in [4.69, 9.17) is 0 Å². The number of alkyl halides is 3. The number of nitrogens with zero attached hydrogens (tertiary/aromatic N) is 3. The smallest absolute Gasteiger partial charge is 0.416 e. The van der Waals surface area contributed by atoms with Crippen LogP contribution < -0.4 is 10.9 Å². The van der Waals surface area contributed by atoms with Gasteiger partial charge < -0.3 is 14.8 Å². The van der Waals surface area contributed by atoms with Gasteiger partial charge in [-0.25, -0.2) is 14.6 Å². The normalized spacial score (nSPS) is 11.3. The number of fused-ring (bicyclic) bond motifs is 1. The Bertz CT molecular complexity index is 1620. The van der Waals surface area contributed by atoms with Crippen molar-refractivity contribution >= 4 is 46.3 Å². The summed E-state index contributed by atoms with van der Waals surface area (Å²) in [5.74, 6) is -2.49. The van der Waals surface area contributed by atoms with Crippen LogP contribution >= 0.6 is 11.8 Å². The van der Waals surface area contributed by atoms with Crippen LogP contribution in [0.4, 0.5) is 18.9 Å². The molecule has 0 aliphatic rings. The second kappa shape index (κ2) is 11.0. The lowest BCUT2D eigenvalue weighted by Gasteiger charge is -2.14. The molecule has 0 aliphatic carbocycles. The van der Waals surface area contributed by atoms with Crippen molar-refractivity contribution in [3.05, 3.63) is 75.7 Å². The third kappa shape index (κ3) is 5.93. The first-order valence-electron chi connectivity index (χ1n) is 10.9. The number of carbonyl (C=O) groups is 3. The molecule has 4 rings (SSSR count). The van der Waals surface area contributed by atoms with Gasteiger partial charge in [0.05, 0.1) is 48.5 Å². The van der Waals surface area contributed by atoms with Gasteiger partial charge in [0.1, 0.15) is 5.39 Å². The van der Waals surface area contributed by atoms with Gasteiger partial charge in [-0.15, -0.1) is 0 Å². The van der Waals surface area contributed by atoms with Crippen LogP contribution in [0.2, 0.25) is 0 Å². The fourth-order valence-corrected chi connectivity index (χ4v) is 4.32. The molecule has 2 aromatic carbocycles. The molecule has 2 heterocycles. The van der Waals surface area contributed by atoms with Gasteiger partial charge in [-0.3, -0.25) is 19.3 Å².